The van der Waals surface area contributed by atoms with E-state index >= 15 is 0 Å². The summed E-state index contributed by atoms with van der Waals surface area (Å²) < 4.78 is 0. The van der Waals surface area contributed by atoms with Gasteiger partial charge in [-0.3, -0.25) is 19.4 Å². The minimum Gasteiger partial charge on any atom is -0.366 e. The molecule has 32 heavy (non-hydrogen) atoms. The Bertz CT molecular complexity index is 1130. The lowest BCUT2D eigenvalue weighted by molar-refractivity contribution is -0.146. The van der Waals surface area contributed by atoms with E-state index in [4.69, 9.17) is 5.73 Å². The minimum absolute atomic E-state index is 0.153. The zero-order chi connectivity index (χ0) is 22.7. The predicted molar refractivity (Wildman–Crippen MR) is 122 cm³/mol. The molecule has 0 spiro atoms. The summed E-state index contributed by atoms with van der Waals surface area (Å²) in [5.74, 6) is -1.76. The fourth-order valence-corrected chi connectivity index (χ4v) is 4.54. The maximum Gasteiger partial charge on any atom is 0.313 e. The van der Waals surface area contributed by atoms with Gasteiger partial charge >= 0.3 is 11.8 Å². The van der Waals surface area contributed by atoms with Crippen LogP contribution >= 0.6 is 11.3 Å². The second-order valence-corrected chi connectivity index (χ2v) is 8.79. The molecule has 0 radical (unpaired) electrons. The predicted octanol–water partition coefficient (Wildman–Crippen LogP) is 3.24. The van der Waals surface area contributed by atoms with Crippen molar-refractivity contribution in [2.75, 3.05) is 11.9 Å². The molecule has 0 saturated carbocycles. The van der Waals surface area contributed by atoms with Gasteiger partial charge in [-0.2, -0.15) is 0 Å². The first-order valence-electron chi connectivity index (χ1n) is 10.3. The van der Waals surface area contributed by atoms with Crippen LogP contribution in [0.3, 0.4) is 0 Å². The number of amides is 3. The smallest absolute Gasteiger partial charge is 0.313 e. The third-order valence-electron chi connectivity index (χ3n) is 5.53. The Labute approximate surface area is 189 Å². The Morgan fingerprint density at radius 2 is 1.94 bits per heavy atom. The second-order valence-electron chi connectivity index (χ2n) is 7.90. The van der Waals surface area contributed by atoms with Crippen molar-refractivity contribution in [3.05, 3.63) is 65.4 Å². The Balaban J connectivity index is 1.52. The van der Waals surface area contributed by atoms with E-state index in [1.165, 1.54) is 18.5 Å². The molecule has 1 aliphatic heterocycles. The number of piperidine rings is 1. The number of anilines is 1. The Morgan fingerprint density at radius 3 is 2.62 bits per heavy atom. The van der Waals surface area contributed by atoms with Crippen molar-refractivity contribution in [2.24, 2.45) is 11.7 Å². The van der Waals surface area contributed by atoms with Crippen LogP contribution in [-0.4, -0.2) is 39.1 Å². The van der Waals surface area contributed by atoms with E-state index in [1.54, 1.807) is 22.4 Å². The SMILES string of the molecule is C[C@@H]1CC[C@@H](c2ccc(-c3nccs3)cc2)N(C(=O)C(=O)Nc2cncc(C(N)=O)c2)C1. The van der Waals surface area contributed by atoms with Gasteiger partial charge in [-0.15, -0.1) is 11.3 Å². The number of hydrogen-bond acceptors (Lipinski definition) is 6. The van der Waals surface area contributed by atoms with Crippen molar-refractivity contribution in [3.63, 3.8) is 0 Å². The summed E-state index contributed by atoms with van der Waals surface area (Å²) in [6.07, 6.45) is 6.18. The molecule has 3 aromatic rings. The van der Waals surface area contributed by atoms with Crippen molar-refractivity contribution in [2.45, 2.75) is 25.8 Å². The molecule has 0 aliphatic carbocycles. The molecule has 1 saturated heterocycles. The normalized spacial score (nSPS) is 18.2. The van der Waals surface area contributed by atoms with Crippen molar-refractivity contribution in [1.29, 1.82) is 0 Å². The Kier molecular flexibility index (Phi) is 6.27. The van der Waals surface area contributed by atoms with Gasteiger partial charge in [0.15, 0.2) is 0 Å². The van der Waals surface area contributed by atoms with Crippen molar-refractivity contribution in [1.82, 2.24) is 14.9 Å². The quantitative estimate of drug-likeness (QED) is 0.593. The molecule has 4 rings (SSSR count). The standard InChI is InChI=1S/C23H23N5O3S/c1-14-2-7-19(15-3-5-16(6-4-15)22-26-8-9-32-22)28(13-14)23(31)21(30)27-18-10-17(20(24)29)11-25-12-18/h3-6,8-12,14,19H,2,7,13H2,1H3,(H2,24,29)(H,27,30)/t14-,19+/m1/s1. The molecule has 3 amide bonds. The fraction of sp³-hybridized carbons (Fsp3) is 0.261. The van der Waals surface area contributed by atoms with E-state index in [1.807, 2.05) is 29.6 Å². The summed E-state index contributed by atoms with van der Waals surface area (Å²) in [5.41, 5.74) is 7.66. The lowest BCUT2D eigenvalue weighted by Crippen LogP contribution is -2.46. The van der Waals surface area contributed by atoms with Gasteiger partial charge in [-0.25, -0.2) is 4.98 Å². The molecule has 164 valence electrons. The van der Waals surface area contributed by atoms with Crippen LogP contribution in [0.15, 0.2) is 54.3 Å². The van der Waals surface area contributed by atoms with Crippen LogP contribution < -0.4 is 11.1 Å². The molecule has 1 fully saturated rings. The minimum atomic E-state index is -0.771. The van der Waals surface area contributed by atoms with Crippen LogP contribution in [0, 0.1) is 5.92 Å². The van der Waals surface area contributed by atoms with Crippen molar-refractivity contribution >= 4 is 34.7 Å². The summed E-state index contributed by atoms with van der Waals surface area (Å²) in [7, 11) is 0. The Hall–Kier alpha value is -3.59. The van der Waals surface area contributed by atoms with Gasteiger partial charge in [0.1, 0.15) is 5.01 Å². The number of pyridine rings is 1. The van der Waals surface area contributed by atoms with Gasteiger partial charge in [0.25, 0.3) is 0 Å². The highest BCUT2D eigenvalue weighted by Crippen LogP contribution is 2.34. The van der Waals surface area contributed by atoms with E-state index < -0.39 is 17.7 Å². The van der Waals surface area contributed by atoms with E-state index in [0.29, 0.717) is 6.54 Å². The molecule has 9 heteroatoms. The molecule has 2 atom stereocenters. The second kappa shape index (κ2) is 9.27. The highest BCUT2D eigenvalue weighted by Gasteiger charge is 2.34. The number of primary amides is 1. The first-order valence-corrected chi connectivity index (χ1v) is 11.2. The summed E-state index contributed by atoms with van der Waals surface area (Å²) in [4.78, 5) is 47.0. The van der Waals surface area contributed by atoms with E-state index in [2.05, 4.69) is 22.2 Å². The number of nitrogens with two attached hydrogens (primary N) is 1. The molecule has 0 bridgehead atoms. The average Bonchev–Trinajstić information content (AvgIpc) is 3.34. The average molecular weight is 450 g/mol. The lowest BCUT2D eigenvalue weighted by Gasteiger charge is -2.38. The number of nitrogens with one attached hydrogen (secondary N) is 1. The maximum absolute atomic E-state index is 13.1. The van der Waals surface area contributed by atoms with Crippen LogP contribution in [0.2, 0.25) is 0 Å². The molecular formula is C23H23N5O3S. The number of benzene rings is 1. The number of thiazole rings is 1. The number of aromatic nitrogens is 2. The van der Waals surface area contributed by atoms with Crippen LogP contribution in [-0.2, 0) is 9.59 Å². The summed E-state index contributed by atoms with van der Waals surface area (Å²) in [5, 5.41) is 5.41. The number of nitrogens with zero attached hydrogens (tertiary/aromatic N) is 3. The van der Waals surface area contributed by atoms with E-state index in [9.17, 15) is 14.4 Å². The number of likely N-dealkylation sites (tertiary alicyclic amines) is 1. The number of carbonyl (C=O) groups is 3. The first kappa shape index (κ1) is 21.6. The van der Waals surface area contributed by atoms with Crippen LogP contribution in [0.25, 0.3) is 10.6 Å². The monoisotopic (exact) mass is 449 g/mol. The molecule has 2 aromatic heterocycles. The van der Waals surface area contributed by atoms with Crippen molar-refractivity contribution in [3.8, 4) is 10.6 Å². The van der Waals surface area contributed by atoms with Gasteiger partial charge in [0, 0.05) is 29.9 Å². The van der Waals surface area contributed by atoms with Crippen LogP contribution in [0.1, 0.15) is 41.7 Å². The fourth-order valence-electron chi connectivity index (χ4n) is 3.90. The summed E-state index contributed by atoms with van der Waals surface area (Å²) >= 11 is 1.57. The molecular weight excluding hydrogens is 426 g/mol. The Morgan fingerprint density at radius 1 is 1.16 bits per heavy atom. The number of hydrogen-bond donors (Lipinski definition) is 2. The van der Waals surface area contributed by atoms with Crippen molar-refractivity contribution < 1.29 is 14.4 Å². The summed E-state index contributed by atoms with van der Waals surface area (Å²) in [6, 6.07) is 9.19. The molecule has 3 heterocycles. The van der Waals surface area contributed by atoms with Crippen LogP contribution in [0.5, 0.6) is 0 Å². The topological polar surface area (TPSA) is 118 Å². The highest BCUT2D eigenvalue weighted by atomic mass is 32.1. The van der Waals surface area contributed by atoms with E-state index in [-0.39, 0.29) is 23.2 Å². The molecule has 0 unspecified atom stereocenters. The third kappa shape index (κ3) is 4.67. The van der Waals surface area contributed by atoms with Gasteiger partial charge in [0.05, 0.1) is 23.5 Å². The zero-order valence-corrected chi connectivity index (χ0v) is 18.3. The summed E-state index contributed by atoms with van der Waals surface area (Å²) in [6.45, 7) is 2.56. The molecule has 3 N–H and O–H groups in total. The maximum atomic E-state index is 13.1. The number of rotatable bonds is 4. The van der Waals surface area contributed by atoms with Gasteiger partial charge in [-0.05, 0) is 30.4 Å². The lowest BCUT2D eigenvalue weighted by atomic mass is 9.89. The number of carbonyl (C=O) groups excluding carboxylic acids is 3. The first-order chi connectivity index (χ1) is 15.4. The van der Waals surface area contributed by atoms with Gasteiger partial charge < -0.3 is 16.0 Å². The highest BCUT2D eigenvalue weighted by molar-refractivity contribution is 7.13. The third-order valence-corrected chi connectivity index (χ3v) is 6.35. The van der Waals surface area contributed by atoms with Crippen LogP contribution in [0.4, 0.5) is 5.69 Å². The largest absolute Gasteiger partial charge is 0.366 e. The molecule has 1 aromatic carbocycles. The van der Waals surface area contributed by atoms with Gasteiger partial charge in [0.2, 0.25) is 5.91 Å². The molecule has 1 aliphatic rings. The van der Waals surface area contributed by atoms with E-state index in [0.717, 1.165) is 29.0 Å². The molecule has 8 nitrogen and oxygen atoms in total. The zero-order valence-electron chi connectivity index (χ0n) is 17.5. The van der Waals surface area contributed by atoms with Gasteiger partial charge in [-0.1, -0.05) is 31.2 Å².